The van der Waals surface area contributed by atoms with Crippen molar-refractivity contribution in [3.63, 3.8) is 0 Å². The smallest absolute Gasteiger partial charge is 0.270 e. The van der Waals surface area contributed by atoms with E-state index in [0.717, 1.165) is 16.1 Å². The van der Waals surface area contributed by atoms with Gasteiger partial charge in [-0.1, -0.05) is 27.5 Å². The molecule has 2 rings (SSSR count). The lowest BCUT2D eigenvalue weighted by atomic mass is 10.2. The number of anilines is 1. The third kappa shape index (κ3) is 5.01. The summed E-state index contributed by atoms with van der Waals surface area (Å²) < 4.78 is 0.886. The number of halogens is 2. The molecule has 2 N–H and O–H groups in total. The molecule has 0 fully saturated rings. The number of non-ortho nitro benzene ring substituents is 1. The van der Waals surface area contributed by atoms with Crippen molar-refractivity contribution in [1.82, 2.24) is 5.32 Å². The molecule has 0 radical (unpaired) electrons. The van der Waals surface area contributed by atoms with E-state index >= 15 is 0 Å². The number of benzene rings is 2. The highest BCUT2D eigenvalue weighted by Gasteiger charge is 2.16. The van der Waals surface area contributed by atoms with Crippen molar-refractivity contribution in [2.75, 3.05) is 11.9 Å². The van der Waals surface area contributed by atoms with Gasteiger partial charge in [-0.3, -0.25) is 19.7 Å². The highest BCUT2D eigenvalue weighted by molar-refractivity contribution is 9.10. The average Bonchev–Trinajstić information content (AvgIpc) is 2.55. The molecule has 7 nitrogen and oxygen atoms in total. The highest BCUT2D eigenvalue weighted by Crippen LogP contribution is 2.22. The van der Waals surface area contributed by atoms with Gasteiger partial charge in [0.15, 0.2) is 0 Å². The van der Waals surface area contributed by atoms with Gasteiger partial charge in [-0.05, 0) is 36.8 Å². The first-order chi connectivity index (χ1) is 11.8. The Kier molecular flexibility index (Phi) is 6.11. The van der Waals surface area contributed by atoms with E-state index in [2.05, 4.69) is 26.6 Å². The summed E-state index contributed by atoms with van der Waals surface area (Å²) in [5.74, 6) is -1.10. The molecular weight excluding hydrogens is 414 g/mol. The minimum Gasteiger partial charge on any atom is -0.343 e. The number of nitrogens with one attached hydrogen (secondary N) is 2. The van der Waals surface area contributed by atoms with Gasteiger partial charge < -0.3 is 10.6 Å². The molecule has 0 bridgehead atoms. The van der Waals surface area contributed by atoms with E-state index in [1.54, 1.807) is 12.1 Å². The van der Waals surface area contributed by atoms with Gasteiger partial charge in [0.1, 0.15) is 0 Å². The number of hydrogen-bond donors (Lipinski definition) is 2. The van der Waals surface area contributed by atoms with Crippen molar-refractivity contribution < 1.29 is 14.5 Å². The molecule has 9 heteroatoms. The van der Waals surface area contributed by atoms with Crippen molar-refractivity contribution in [3.8, 4) is 0 Å². The summed E-state index contributed by atoms with van der Waals surface area (Å²) in [5.41, 5.74) is 1.15. The van der Waals surface area contributed by atoms with Crippen LogP contribution >= 0.6 is 27.5 Å². The Morgan fingerprint density at radius 2 is 1.96 bits per heavy atom. The van der Waals surface area contributed by atoms with E-state index < -0.39 is 16.7 Å². The van der Waals surface area contributed by atoms with Crippen molar-refractivity contribution >= 4 is 50.7 Å². The number of amides is 2. The zero-order valence-electron chi connectivity index (χ0n) is 13.0. The monoisotopic (exact) mass is 425 g/mol. The SMILES string of the molecule is Cc1cc(Br)ccc1NC(=O)CNC(=O)c1cc([N+](=O)[O-])ccc1Cl. The number of hydrogen-bond acceptors (Lipinski definition) is 4. The van der Waals surface area contributed by atoms with Gasteiger partial charge in [-0.25, -0.2) is 0 Å². The Bertz CT molecular complexity index is 857. The second-order valence-corrected chi connectivity index (χ2v) is 6.43. The summed E-state index contributed by atoms with van der Waals surface area (Å²) in [6.07, 6.45) is 0. The number of rotatable bonds is 5. The van der Waals surface area contributed by atoms with Crippen LogP contribution in [0.15, 0.2) is 40.9 Å². The quantitative estimate of drug-likeness (QED) is 0.562. The molecule has 2 aromatic rings. The highest BCUT2D eigenvalue weighted by atomic mass is 79.9. The summed E-state index contributed by atoms with van der Waals surface area (Å²) >= 11 is 9.22. The third-order valence-electron chi connectivity index (χ3n) is 3.28. The topological polar surface area (TPSA) is 101 Å². The van der Waals surface area contributed by atoms with Crippen LogP contribution in [0.1, 0.15) is 15.9 Å². The Labute approximate surface area is 156 Å². The Hall–Kier alpha value is -2.45. The number of carbonyl (C=O) groups is 2. The lowest BCUT2D eigenvalue weighted by molar-refractivity contribution is -0.384. The summed E-state index contributed by atoms with van der Waals surface area (Å²) in [6, 6.07) is 8.88. The van der Waals surface area contributed by atoms with Crippen LogP contribution < -0.4 is 10.6 Å². The van der Waals surface area contributed by atoms with Gasteiger partial charge >= 0.3 is 0 Å². The van der Waals surface area contributed by atoms with Gasteiger partial charge in [0.05, 0.1) is 22.1 Å². The molecule has 0 aromatic heterocycles. The normalized spacial score (nSPS) is 10.2. The van der Waals surface area contributed by atoms with Crippen molar-refractivity contribution in [1.29, 1.82) is 0 Å². The maximum Gasteiger partial charge on any atom is 0.270 e. The van der Waals surface area contributed by atoms with Crippen LogP contribution in [-0.4, -0.2) is 23.3 Å². The minimum atomic E-state index is -0.670. The molecule has 2 amide bonds. The summed E-state index contributed by atoms with van der Waals surface area (Å²) in [6.45, 7) is 1.54. The van der Waals surface area contributed by atoms with Crippen LogP contribution in [0.2, 0.25) is 5.02 Å². The van der Waals surface area contributed by atoms with Gasteiger partial charge in [0, 0.05) is 22.3 Å². The van der Waals surface area contributed by atoms with E-state index in [1.165, 1.54) is 12.1 Å². The van der Waals surface area contributed by atoms with Crippen molar-refractivity contribution in [2.24, 2.45) is 0 Å². The van der Waals surface area contributed by atoms with E-state index in [0.29, 0.717) is 5.69 Å². The second kappa shape index (κ2) is 8.09. The van der Waals surface area contributed by atoms with E-state index in [-0.39, 0.29) is 22.8 Å². The Balaban J connectivity index is 2.01. The molecule has 0 aliphatic heterocycles. The first kappa shape index (κ1) is 18.9. The molecule has 0 unspecified atom stereocenters. The van der Waals surface area contributed by atoms with Crippen LogP contribution in [0.4, 0.5) is 11.4 Å². The molecule has 0 saturated heterocycles. The average molecular weight is 427 g/mol. The zero-order valence-corrected chi connectivity index (χ0v) is 15.3. The molecule has 0 saturated carbocycles. The van der Waals surface area contributed by atoms with Crippen LogP contribution in [0.3, 0.4) is 0 Å². The molecule has 130 valence electrons. The number of nitrogens with zero attached hydrogens (tertiary/aromatic N) is 1. The van der Waals surface area contributed by atoms with Gasteiger partial charge in [-0.15, -0.1) is 0 Å². The largest absolute Gasteiger partial charge is 0.343 e. The van der Waals surface area contributed by atoms with Crippen LogP contribution in [0.5, 0.6) is 0 Å². The fraction of sp³-hybridized carbons (Fsp3) is 0.125. The molecule has 25 heavy (non-hydrogen) atoms. The zero-order chi connectivity index (χ0) is 18.6. The predicted octanol–water partition coefficient (Wildman–Crippen LogP) is 3.69. The molecule has 2 aromatic carbocycles. The van der Waals surface area contributed by atoms with Gasteiger partial charge in [0.2, 0.25) is 5.91 Å². The fourth-order valence-corrected chi connectivity index (χ4v) is 2.70. The minimum absolute atomic E-state index is 0.0623. The molecule has 0 spiro atoms. The van der Waals surface area contributed by atoms with E-state index in [4.69, 9.17) is 11.6 Å². The lowest BCUT2D eigenvalue weighted by Crippen LogP contribution is -2.33. The fourth-order valence-electron chi connectivity index (χ4n) is 2.02. The van der Waals surface area contributed by atoms with Crippen molar-refractivity contribution in [3.05, 3.63) is 67.1 Å². The number of nitro groups is 1. The molecule has 0 atom stereocenters. The van der Waals surface area contributed by atoms with Crippen LogP contribution in [0, 0.1) is 17.0 Å². The van der Waals surface area contributed by atoms with E-state index in [9.17, 15) is 19.7 Å². The first-order valence-electron chi connectivity index (χ1n) is 7.06. The molecule has 0 heterocycles. The Morgan fingerprint density at radius 3 is 2.60 bits per heavy atom. The summed E-state index contributed by atoms with van der Waals surface area (Å²) in [7, 11) is 0. The predicted molar refractivity (Wildman–Crippen MR) is 97.9 cm³/mol. The number of carbonyl (C=O) groups excluding carboxylic acids is 2. The summed E-state index contributed by atoms with van der Waals surface area (Å²) in [5, 5.41) is 15.9. The maximum atomic E-state index is 12.1. The standard InChI is InChI=1S/C16H13BrClN3O4/c1-9-6-10(17)2-5-14(9)20-15(22)8-19-16(23)12-7-11(21(24)25)3-4-13(12)18/h2-7H,8H2,1H3,(H,19,23)(H,20,22). The first-order valence-corrected chi connectivity index (χ1v) is 8.23. The van der Waals surface area contributed by atoms with Crippen LogP contribution in [-0.2, 0) is 4.79 Å². The van der Waals surface area contributed by atoms with Gasteiger partial charge in [-0.2, -0.15) is 0 Å². The van der Waals surface area contributed by atoms with Crippen LogP contribution in [0.25, 0.3) is 0 Å². The molecule has 0 aliphatic rings. The second-order valence-electron chi connectivity index (χ2n) is 5.11. The number of aryl methyl sites for hydroxylation is 1. The van der Waals surface area contributed by atoms with E-state index in [1.807, 2.05) is 13.0 Å². The summed E-state index contributed by atoms with van der Waals surface area (Å²) in [4.78, 5) is 34.2. The Morgan fingerprint density at radius 1 is 1.24 bits per heavy atom. The molecule has 0 aliphatic carbocycles. The third-order valence-corrected chi connectivity index (χ3v) is 4.10. The number of nitro benzene ring substituents is 1. The van der Waals surface area contributed by atoms with Gasteiger partial charge in [0.25, 0.3) is 11.6 Å². The van der Waals surface area contributed by atoms with Crippen molar-refractivity contribution in [2.45, 2.75) is 6.92 Å². The maximum absolute atomic E-state index is 12.1. The lowest BCUT2D eigenvalue weighted by Gasteiger charge is -2.10. The molecular formula is C16H13BrClN3O4.